The van der Waals surface area contributed by atoms with Gasteiger partial charge in [-0.15, -0.1) is 0 Å². The number of hydrogen-bond acceptors (Lipinski definition) is 3. The van der Waals surface area contributed by atoms with Crippen molar-refractivity contribution in [3.8, 4) is 0 Å². The van der Waals surface area contributed by atoms with Crippen LogP contribution >= 0.6 is 0 Å². The Hall–Kier alpha value is -2.29. The average molecular weight is 268 g/mol. The van der Waals surface area contributed by atoms with Crippen molar-refractivity contribution in [2.24, 2.45) is 0 Å². The van der Waals surface area contributed by atoms with Crippen molar-refractivity contribution in [1.29, 1.82) is 0 Å². The van der Waals surface area contributed by atoms with E-state index in [-0.39, 0.29) is 5.78 Å². The number of furan rings is 2. The Labute approximate surface area is 117 Å². The third kappa shape index (κ3) is 1.86. The van der Waals surface area contributed by atoms with Crippen LogP contribution in [0.1, 0.15) is 38.8 Å². The van der Waals surface area contributed by atoms with Crippen molar-refractivity contribution < 1.29 is 13.6 Å². The fourth-order valence-electron chi connectivity index (χ4n) is 2.53. The highest BCUT2D eigenvalue weighted by Crippen LogP contribution is 2.29. The lowest BCUT2D eigenvalue weighted by molar-refractivity contribution is 0.101. The number of fused-ring (bicyclic) bond motifs is 1. The fourth-order valence-corrected chi connectivity index (χ4v) is 2.53. The molecule has 3 nitrogen and oxygen atoms in total. The highest BCUT2D eigenvalue weighted by Gasteiger charge is 2.22. The lowest BCUT2D eigenvalue weighted by Crippen LogP contribution is -2.01. The van der Waals surface area contributed by atoms with E-state index in [1.165, 1.54) is 0 Å². The second-order valence-electron chi connectivity index (χ2n) is 5.21. The minimum atomic E-state index is -0.120. The van der Waals surface area contributed by atoms with E-state index in [1.54, 1.807) is 13.0 Å². The van der Waals surface area contributed by atoms with Crippen LogP contribution in [0.3, 0.4) is 0 Å². The first-order chi connectivity index (χ1) is 9.47. The molecule has 2 aromatic heterocycles. The van der Waals surface area contributed by atoms with Crippen LogP contribution in [-0.2, 0) is 0 Å². The van der Waals surface area contributed by atoms with E-state index >= 15 is 0 Å². The van der Waals surface area contributed by atoms with Gasteiger partial charge in [-0.2, -0.15) is 0 Å². The monoisotopic (exact) mass is 268 g/mol. The Morgan fingerprint density at radius 1 is 1.00 bits per heavy atom. The van der Waals surface area contributed by atoms with Gasteiger partial charge < -0.3 is 8.83 Å². The summed E-state index contributed by atoms with van der Waals surface area (Å²) in [5.41, 5.74) is 3.35. The Kier molecular flexibility index (Phi) is 2.78. The van der Waals surface area contributed by atoms with Gasteiger partial charge in [-0.3, -0.25) is 4.79 Å². The first-order valence-electron chi connectivity index (χ1n) is 6.59. The molecular formula is C17H16O3. The smallest absolute Gasteiger partial charge is 0.232 e. The molecule has 102 valence electrons. The predicted octanol–water partition coefficient (Wildman–Crippen LogP) is 4.49. The Bertz CT molecular complexity index is 818. The summed E-state index contributed by atoms with van der Waals surface area (Å²) in [6.07, 6.45) is 0. The first kappa shape index (κ1) is 12.7. The van der Waals surface area contributed by atoms with E-state index < -0.39 is 0 Å². The number of ketones is 1. The van der Waals surface area contributed by atoms with Crippen molar-refractivity contribution >= 4 is 16.8 Å². The summed E-state index contributed by atoms with van der Waals surface area (Å²) in [7, 11) is 0. The minimum Gasteiger partial charge on any atom is -0.466 e. The van der Waals surface area contributed by atoms with Gasteiger partial charge in [-0.1, -0.05) is 11.6 Å². The van der Waals surface area contributed by atoms with Crippen molar-refractivity contribution in [2.45, 2.75) is 27.7 Å². The molecule has 0 aliphatic carbocycles. The van der Waals surface area contributed by atoms with E-state index in [0.29, 0.717) is 17.1 Å². The SMILES string of the molecule is Cc1ccc2oc(C(=O)c3cc(C)oc3C)c(C)c2c1. The Morgan fingerprint density at radius 2 is 1.75 bits per heavy atom. The molecule has 0 spiro atoms. The highest BCUT2D eigenvalue weighted by molar-refractivity contribution is 6.11. The Balaban J connectivity index is 2.17. The fraction of sp³-hybridized carbons (Fsp3) is 0.235. The number of aryl methyl sites for hydroxylation is 4. The maximum atomic E-state index is 12.6. The van der Waals surface area contributed by atoms with E-state index in [1.807, 2.05) is 39.0 Å². The molecule has 0 saturated carbocycles. The summed E-state index contributed by atoms with van der Waals surface area (Å²) in [5, 5.41) is 0.992. The van der Waals surface area contributed by atoms with Crippen LogP contribution in [0.15, 0.2) is 33.1 Å². The predicted molar refractivity (Wildman–Crippen MR) is 77.3 cm³/mol. The van der Waals surface area contributed by atoms with E-state index in [2.05, 4.69) is 0 Å². The summed E-state index contributed by atoms with van der Waals surface area (Å²) in [4.78, 5) is 12.6. The molecule has 1 aromatic carbocycles. The molecule has 3 rings (SSSR count). The van der Waals surface area contributed by atoms with Gasteiger partial charge >= 0.3 is 0 Å². The van der Waals surface area contributed by atoms with Gasteiger partial charge in [-0.25, -0.2) is 0 Å². The van der Waals surface area contributed by atoms with Gasteiger partial charge in [0.15, 0.2) is 5.76 Å². The van der Waals surface area contributed by atoms with Gasteiger partial charge in [0.05, 0.1) is 5.56 Å². The minimum absolute atomic E-state index is 0.120. The molecule has 3 aromatic rings. The van der Waals surface area contributed by atoms with Crippen LogP contribution in [-0.4, -0.2) is 5.78 Å². The number of hydrogen-bond donors (Lipinski definition) is 0. The average Bonchev–Trinajstić information content (AvgIpc) is 2.90. The third-order valence-electron chi connectivity index (χ3n) is 3.58. The topological polar surface area (TPSA) is 43.4 Å². The van der Waals surface area contributed by atoms with Crippen LogP contribution in [0, 0.1) is 27.7 Å². The molecule has 0 saturated heterocycles. The zero-order valence-corrected chi connectivity index (χ0v) is 12.0. The number of carbonyl (C=O) groups is 1. The van der Waals surface area contributed by atoms with Gasteiger partial charge in [0, 0.05) is 10.9 Å². The van der Waals surface area contributed by atoms with Crippen molar-refractivity contribution in [2.75, 3.05) is 0 Å². The summed E-state index contributed by atoms with van der Waals surface area (Å²) in [5.74, 6) is 1.64. The molecule has 0 aliphatic rings. The second kappa shape index (κ2) is 4.37. The number of benzene rings is 1. The molecule has 0 radical (unpaired) electrons. The molecule has 0 unspecified atom stereocenters. The van der Waals surface area contributed by atoms with E-state index in [4.69, 9.17) is 8.83 Å². The first-order valence-corrected chi connectivity index (χ1v) is 6.59. The van der Waals surface area contributed by atoms with Crippen LogP contribution < -0.4 is 0 Å². The van der Waals surface area contributed by atoms with E-state index in [0.717, 1.165) is 27.9 Å². The Morgan fingerprint density at radius 3 is 2.40 bits per heavy atom. The maximum Gasteiger partial charge on any atom is 0.232 e. The maximum absolute atomic E-state index is 12.6. The van der Waals surface area contributed by atoms with Gasteiger partial charge in [0.2, 0.25) is 5.78 Å². The lowest BCUT2D eigenvalue weighted by Gasteiger charge is -1.96. The van der Waals surface area contributed by atoms with Crippen molar-refractivity contribution in [3.63, 3.8) is 0 Å². The normalized spacial score (nSPS) is 11.2. The second-order valence-corrected chi connectivity index (χ2v) is 5.21. The molecule has 0 N–H and O–H groups in total. The van der Waals surface area contributed by atoms with Crippen LogP contribution in [0.25, 0.3) is 11.0 Å². The molecule has 0 bridgehead atoms. The zero-order valence-electron chi connectivity index (χ0n) is 12.0. The summed E-state index contributed by atoms with van der Waals surface area (Å²) in [6, 6.07) is 7.68. The molecule has 0 aliphatic heterocycles. The van der Waals surface area contributed by atoms with Crippen LogP contribution in [0.5, 0.6) is 0 Å². The molecule has 2 heterocycles. The molecule has 20 heavy (non-hydrogen) atoms. The molecule has 0 atom stereocenters. The standard InChI is InChI=1S/C17H16O3/c1-9-5-6-15-13(7-9)11(3)17(20-15)16(18)14-8-10(2)19-12(14)4/h5-8H,1-4H3. The molecule has 0 amide bonds. The zero-order chi connectivity index (χ0) is 14.4. The largest absolute Gasteiger partial charge is 0.466 e. The lowest BCUT2D eigenvalue weighted by atomic mass is 10.0. The number of carbonyl (C=O) groups excluding carboxylic acids is 1. The molecule has 0 fully saturated rings. The summed E-state index contributed by atoms with van der Waals surface area (Å²) < 4.78 is 11.2. The summed E-state index contributed by atoms with van der Waals surface area (Å²) in [6.45, 7) is 7.57. The molecule has 3 heteroatoms. The van der Waals surface area contributed by atoms with Gasteiger partial charge in [-0.05, 0) is 45.9 Å². The quantitative estimate of drug-likeness (QED) is 0.643. The van der Waals surface area contributed by atoms with Crippen molar-refractivity contribution in [3.05, 3.63) is 58.2 Å². The van der Waals surface area contributed by atoms with Gasteiger partial charge in [0.25, 0.3) is 0 Å². The highest BCUT2D eigenvalue weighted by atomic mass is 16.4. The number of rotatable bonds is 2. The summed E-state index contributed by atoms with van der Waals surface area (Å²) >= 11 is 0. The third-order valence-corrected chi connectivity index (χ3v) is 3.58. The van der Waals surface area contributed by atoms with Crippen LogP contribution in [0.2, 0.25) is 0 Å². The molecular weight excluding hydrogens is 252 g/mol. The van der Waals surface area contributed by atoms with Crippen molar-refractivity contribution in [1.82, 2.24) is 0 Å². The van der Waals surface area contributed by atoms with Crippen LogP contribution in [0.4, 0.5) is 0 Å². The van der Waals surface area contributed by atoms with E-state index in [9.17, 15) is 4.79 Å². The van der Waals surface area contributed by atoms with Gasteiger partial charge in [0.1, 0.15) is 17.1 Å².